The summed E-state index contributed by atoms with van der Waals surface area (Å²) in [4.78, 5) is 11.9. The zero-order chi connectivity index (χ0) is 18.1. The van der Waals surface area contributed by atoms with Gasteiger partial charge in [0.2, 0.25) is 13.0 Å². The molecule has 5 nitrogen and oxygen atoms in total. The van der Waals surface area contributed by atoms with Crippen LogP contribution >= 0.6 is 6.72 Å². The van der Waals surface area contributed by atoms with Crippen LogP contribution in [0.15, 0.2) is 79.4 Å². The molecule has 2 aromatic carbocycles. The average molecular weight is 376 g/mol. The van der Waals surface area contributed by atoms with Crippen LogP contribution in [0.2, 0.25) is 0 Å². The van der Waals surface area contributed by atoms with Gasteiger partial charge in [-0.15, -0.1) is 0 Å². The highest BCUT2D eigenvalue weighted by molar-refractivity contribution is 8.06. The van der Waals surface area contributed by atoms with Gasteiger partial charge in [-0.3, -0.25) is 0 Å². The molecule has 0 fully saturated rings. The molecule has 1 aromatic heterocycles. The van der Waals surface area contributed by atoms with Crippen molar-refractivity contribution in [2.45, 2.75) is 13.5 Å². The largest absolute Gasteiger partial charge is 0.760 e. The van der Waals surface area contributed by atoms with E-state index in [4.69, 9.17) is 20.9 Å². The van der Waals surface area contributed by atoms with E-state index < -0.39 is 6.72 Å². The van der Waals surface area contributed by atoms with E-state index in [1.165, 1.54) is 0 Å². The Morgan fingerprint density at radius 3 is 1.80 bits per heavy atom. The first-order valence-corrected chi connectivity index (χ1v) is 10.4. The fourth-order valence-corrected chi connectivity index (χ4v) is 3.24. The van der Waals surface area contributed by atoms with Crippen molar-refractivity contribution in [3.63, 3.8) is 0 Å². The van der Waals surface area contributed by atoms with E-state index in [-0.39, 0.29) is 0 Å². The van der Waals surface area contributed by atoms with E-state index in [1.54, 1.807) is 48.5 Å². The monoisotopic (exact) mass is 376 g/mol. The van der Waals surface area contributed by atoms with Gasteiger partial charge in [-0.2, -0.15) is 0 Å². The lowest BCUT2D eigenvalue weighted by atomic mass is 10.3. The summed E-state index contributed by atoms with van der Waals surface area (Å²) >= 11 is 4.82. The molecule has 0 radical (unpaired) electrons. The summed E-state index contributed by atoms with van der Waals surface area (Å²) in [6.07, 6.45) is 6.14. The van der Waals surface area contributed by atoms with Crippen LogP contribution in [0.4, 0.5) is 0 Å². The number of para-hydroxylation sites is 2. The first-order chi connectivity index (χ1) is 12.0. The smallest absolute Gasteiger partial charge is 0.243 e. The Bertz CT molecular complexity index is 764. The van der Waals surface area contributed by atoms with E-state index in [2.05, 4.69) is 24.0 Å². The fraction of sp³-hybridized carbons (Fsp3) is 0.167. The van der Waals surface area contributed by atoms with Gasteiger partial charge < -0.3 is 13.9 Å². The lowest BCUT2D eigenvalue weighted by Crippen LogP contribution is -2.23. The normalized spacial score (nSPS) is 10.5. The summed E-state index contributed by atoms with van der Waals surface area (Å²) in [6.45, 7) is -0.372. The molecule has 0 bridgehead atoms. The third-order valence-corrected chi connectivity index (χ3v) is 4.43. The van der Waals surface area contributed by atoms with E-state index >= 15 is 0 Å². The highest BCUT2D eigenvalue weighted by atomic mass is 32.5. The van der Waals surface area contributed by atoms with Gasteiger partial charge in [-0.1, -0.05) is 36.4 Å². The Balaban J connectivity index is 0.000000236. The third kappa shape index (κ3) is 7.10. The molecule has 0 amide bonds. The molecule has 0 saturated carbocycles. The lowest BCUT2D eigenvalue weighted by Gasteiger charge is -2.28. The number of benzene rings is 2. The fourth-order valence-electron chi connectivity index (χ4n) is 1.93. The number of hydrogen-bond donors (Lipinski definition) is 0. The minimum atomic E-state index is -3.55. The molecule has 3 aromatic rings. The highest BCUT2D eigenvalue weighted by Crippen LogP contribution is 2.40. The summed E-state index contributed by atoms with van der Waals surface area (Å²) in [6, 6.07) is 17.4. The first-order valence-electron chi connectivity index (χ1n) is 7.80. The molecule has 132 valence electrons. The van der Waals surface area contributed by atoms with Crippen molar-refractivity contribution >= 4 is 18.5 Å². The lowest BCUT2D eigenvalue weighted by molar-refractivity contribution is -0.671. The Morgan fingerprint density at radius 2 is 1.48 bits per heavy atom. The molecular weight excluding hydrogens is 355 g/mol. The van der Waals surface area contributed by atoms with Gasteiger partial charge in [0.25, 0.3) is 0 Å². The van der Waals surface area contributed by atoms with Crippen molar-refractivity contribution < 1.29 is 18.5 Å². The van der Waals surface area contributed by atoms with Crippen LogP contribution in [0.5, 0.6) is 11.5 Å². The summed E-state index contributed by atoms with van der Waals surface area (Å²) in [5.41, 5.74) is 0. The van der Waals surface area contributed by atoms with E-state index in [0.29, 0.717) is 11.5 Å². The summed E-state index contributed by atoms with van der Waals surface area (Å²) in [5, 5.41) is 0. The number of nitrogens with zero attached hydrogens (tertiary/aromatic N) is 2. The van der Waals surface area contributed by atoms with Crippen LogP contribution in [0.25, 0.3) is 0 Å². The van der Waals surface area contributed by atoms with Crippen LogP contribution in [0, 0.1) is 0 Å². The maximum atomic E-state index is 11.9. The first kappa shape index (κ1) is 19.2. The predicted molar refractivity (Wildman–Crippen MR) is 99.7 cm³/mol. The second-order valence-electron chi connectivity index (χ2n) is 5.17. The number of aromatic nitrogens is 2. The second-order valence-corrected chi connectivity index (χ2v) is 7.77. The van der Waals surface area contributed by atoms with Crippen LogP contribution in [0.3, 0.4) is 0 Å². The Morgan fingerprint density at radius 1 is 1.00 bits per heavy atom. The molecule has 0 aliphatic carbocycles. The van der Waals surface area contributed by atoms with E-state index in [0.717, 1.165) is 6.54 Å². The van der Waals surface area contributed by atoms with Gasteiger partial charge in [-0.05, 0) is 43.0 Å². The zero-order valence-corrected chi connectivity index (χ0v) is 15.9. The molecular formula is C18H21N2O3PS. The quantitative estimate of drug-likeness (QED) is 0.507. The predicted octanol–water partition coefficient (Wildman–Crippen LogP) is 3.06. The van der Waals surface area contributed by atoms with Gasteiger partial charge in [0.1, 0.15) is 23.9 Å². The van der Waals surface area contributed by atoms with Crippen molar-refractivity contribution in [2.75, 3.05) is 0 Å². The number of rotatable bonds is 5. The van der Waals surface area contributed by atoms with Crippen LogP contribution in [-0.4, -0.2) is 4.57 Å². The molecule has 1 heterocycles. The molecule has 0 spiro atoms. The highest BCUT2D eigenvalue weighted by Gasteiger charge is 2.07. The summed E-state index contributed by atoms with van der Waals surface area (Å²) in [5.74, 6) is 0.864. The maximum Gasteiger partial charge on any atom is 0.243 e. The van der Waals surface area contributed by atoms with Crippen LogP contribution in [0.1, 0.15) is 6.92 Å². The van der Waals surface area contributed by atoms with Crippen molar-refractivity contribution in [2.24, 2.45) is 7.05 Å². The molecule has 25 heavy (non-hydrogen) atoms. The third-order valence-electron chi connectivity index (χ3n) is 3.11. The second kappa shape index (κ2) is 9.37. The van der Waals surface area contributed by atoms with Gasteiger partial charge >= 0.3 is 0 Å². The molecule has 0 aliphatic rings. The molecule has 0 N–H and O–H groups in total. The van der Waals surface area contributed by atoms with Crippen molar-refractivity contribution in [1.29, 1.82) is 0 Å². The van der Waals surface area contributed by atoms with Gasteiger partial charge in [0.15, 0.2) is 0 Å². The summed E-state index contributed by atoms with van der Waals surface area (Å²) < 4.78 is 14.5. The topological polar surface area (TPSA) is 50.3 Å². The molecule has 7 heteroatoms. The van der Waals surface area contributed by atoms with Crippen molar-refractivity contribution in [3.05, 3.63) is 79.4 Å². The molecule has 0 saturated heterocycles. The van der Waals surface area contributed by atoms with Crippen LogP contribution < -0.4 is 18.5 Å². The Hall–Kier alpha value is -2.14. The van der Waals surface area contributed by atoms with Gasteiger partial charge in [0, 0.05) is 0 Å². The molecule has 3 rings (SSSR count). The Labute approximate surface area is 153 Å². The maximum absolute atomic E-state index is 11.9. The zero-order valence-electron chi connectivity index (χ0n) is 14.2. The number of aryl methyl sites for hydroxylation is 2. The standard InChI is InChI=1S/C12H11O3PS.C6H11N2/c13-16(17,14-11-7-3-1-4-8-11)15-12-9-5-2-6-10-12;1-3-8-5-4-7(2)6-8/h1-10H,(H,13,17);4-6H,3H2,1-2H3/q;+1/p-1. The molecule has 0 atom stereocenters. The average Bonchev–Trinajstić information content (AvgIpc) is 3.02. The van der Waals surface area contributed by atoms with E-state index in [1.807, 2.05) is 29.9 Å². The minimum Gasteiger partial charge on any atom is -0.760 e. The minimum absolute atomic E-state index is 0.432. The van der Waals surface area contributed by atoms with Gasteiger partial charge in [0.05, 0.1) is 13.6 Å². The van der Waals surface area contributed by atoms with E-state index in [9.17, 15) is 4.89 Å². The SMILES string of the molecule is CCn1cc[n+](C)c1.[O-]P(=S)(Oc1ccccc1)Oc1ccccc1. The summed E-state index contributed by atoms with van der Waals surface area (Å²) in [7, 11) is 2.02. The van der Waals surface area contributed by atoms with Crippen molar-refractivity contribution in [1.82, 2.24) is 4.57 Å². The Kier molecular flexibility index (Phi) is 7.19. The van der Waals surface area contributed by atoms with Crippen molar-refractivity contribution in [3.8, 4) is 11.5 Å². The van der Waals surface area contributed by atoms with Gasteiger partial charge in [-0.25, -0.2) is 9.13 Å². The number of hydrogen-bond acceptors (Lipinski definition) is 4. The number of imidazole rings is 1. The molecule has 0 aliphatic heterocycles. The molecule has 0 unspecified atom stereocenters. The van der Waals surface area contributed by atoms with Crippen LogP contribution in [-0.2, 0) is 25.4 Å².